The summed E-state index contributed by atoms with van der Waals surface area (Å²) in [6.45, 7) is 7.09. The van der Waals surface area contributed by atoms with E-state index in [0.29, 0.717) is 0 Å². The van der Waals surface area contributed by atoms with Crippen LogP contribution in [0, 0.1) is 17.8 Å². The number of amides is 1. The van der Waals surface area contributed by atoms with E-state index >= 15 is 0 Å². The third-order valence-electron chi connectivity index (χ3n) is 2.58. The van der Waals surface area contributed by atoms with E-state index in [9.17, 15) is 14.7 Å². The zero-order valence-electron chi connectivity index (χ0n) is 12.0. The van der Waals surface area contributed by atoms with Crippen LogP contribution in [0.1, 0.15) is 27.7 Å². The molecule has 5 nitrogen and oxygen atoms in total. The van der Waals surface area contributed by atoms with Crippen molar-refractivity contribution < 1.29 is 19.4 Å². The summed E-state index contributed by atoms with van der Waals surface area (Å²) in [7, 11) is 0. The molecule has 1 rings (SSSR count). The fourth-order valence-electron chi connectivity index (χ4n) is 1.48. The summed E-state index contributed by atoms with van der Waals surface area (Å²) in [4.78, 5) is 22.6. The number of carbonyl (C=O) groups is 2. The Morgan fingerprint density at radius 3 is 2.70 bits per heavy atom. The van der Waals surface area contributed by atoms with Gasteiger partial charge in [-0.1, -0.05) is 17.9 Å². The van der Waals surface area contributed by atoms with Gasteiger partial charge in [0.2, 0.25) is 0 Å². The second-order valence-corrected chi connectivity index (χ2v) is 6.87. The summed E-state index contributed by atoms with van der Waals surface area (Å²) in [6.07, 6.45) is 1.23. The number of carboxylic acid groups (broad SMARTS) is 1. The molecule has 0 radical (unpaired) electrons. The van der Waals surface area contributed by atoms with Gasteiger partial charge in [0, 0.05) is 0 Å². The lowest BCUT2D eigenvalue weighted by atomic mass is 9.94. The highest BCUT2D eigenvalue weighted by Gasteiger charge is 2.42. The van der Waals surface area contributed by atoms with Gasteiger partial charge in [0.15, 0.2) is 0 Å². The molecule has 0 bridgehead atoms. The van der Waals surface area contributed by atoms with E-state index in [0.717, 1.165) is 0 Å². The Balaban J connectivity index is 2.49. The highest BCUT2D eigenvalue weighted by molar-refractivity contribution is 8.04. The molecule has 1 heterocycles. The van der Waals surface area contributed by atoms with Gasteiger partial charge in [-0.15, -0.1) is 11.8 Å². The fraction of sp³-hybridized carbons (Fsp3) is 0.571. The summed E-state index contributed by atoms with van der Waals surface area (Å²) < 4.78 is 4.10. The number of allylic oxidation sites excluding steroid dienone is 1. The molecule has 0 aromatic rings. The molecule has 1 aliphatic rings. The van der Waals surface area contributed by atoms with Gasteiger partial charge in [-0.05, 0) is 33.1 Å². The van der Waals surface area contributed by atoms with Crippen molar-refractivity contribution in [2.45, 2.75) is 38.0 Å². The highest BCUT2D eigenvalue weighted by atomic mass is 32.2. The van der Waals surface area contributed by atoms with Crippen molar-refractivity contribution >= 4 is 23.8 Å². The van der Waals surface area contributed by atoms with Crippen LogP contribution in [0.2, 0.25) is 0 Å². The maximum Gasteiger partial charge on any atom is 0.408 e. The zero-order chi connectivity index (χ0) is 15.4. The SMILES string of the molecule is CC(C)(C)OC(=O)NCC#CC1C=CSC1(C)C(=O)O. The molecule has 0 saturated heterocycles. The smallest absolute Gasteiger partial charge is 0.408 e. The zero-order valence-corrected chi connectivity index (χ0v) is 12.8. The molecule has 2 unspecified atom stereocenters. The van der Waals surface area contributed by atoms with Crippen molar-refractivity contribution in [2.75, 3.05) is 6.54 Å². The molecule has 0 fully saturated rings. The van der Waals surface area contributed by atoms with Crippen molar-refractivity contribution in [1.82, 2.24) is 5.32 Å². The Morgan fingerprint density at radius 1 is 1.50 bits per heavy atom. The summed E-state index contributed by atoms with van der Waals surface area (Å²) in [5.41, 5.74) is -0.551. The standard InChI is InChI=1S/C14H19NO4S/c1-13(2,3)19-12(18)15-8-5-6-10-7-9-20-14(10,4)11(16)17/h7,9-10H,8H2,1-4H3,(H,15,18)(H,16,17). The number of carbonyl (C=O) groups excluding carboxylic acids is 1. The molecule has 2 atom stereocenters. The number of hydrogen-bond acceptors (Lipinski definition) is 4. The lowest BCUT2D eigenvalue weighted by Gasteiger charge is -2.21. The molecule has 0 aromatic heterocycles. The van der Waals surface area contributed by atoms with E-state index in [1.165, 1.54) is 11.8 Å². The third-order valence-corrected chi connectivity index (χ3v) is 3.79. The largest absolute Gasteiger partial charge is 0.480 e. The maximum absolute atomic E-state index is 11.4. The van der Waals surface area contributed by atoms with Gasteiger partial charge in [0.1, 0.15) is 10.3 Å². The number of alkyl carbamates (subject to hydrolysis) is 1. The predicted octanol–water partition coefficient (Wildman–Crippen LogP) is 2.23. The fourth-order valence-corrected chi connectivity index (χ4v) is 2.38. The molecule has 6 heteroatoms. The van der Waals surface area contributed by atoms with Gasteiger partial charge in [-0.3, -0.25) is 4.79 Å². The van der Waals surface area contributed by atoms with E-state index in [4.69, 9.17) is 4.74 Å². The van der Waals surface area contributed by atoms with E-state index in [1.54, 1.807) is 39.2 Å². The molecule has 1 aliphatic heterocycles. The number of aliphatic carboxylic acids is 1. The van der Waals surface area contributed by atoms with Gasteiger partial charge >= 0.3 is 12.1 Å². The average molecular weight is 297 g/mol. The second kappa shape index (κ2) is 6.23. The Morgan fingerprint density at radius 2 is 2.15 bits per heavy atom. The second-order valence-electron chi connectivity index (χ2n) is 5.51. The van der Waals surface area contributed by atoms with Crippen LogP contribution in [0.5, 0.6) is 0 Å². The van der Waals surface area contributed by atoms with Gasteiger partial charge < -0.3 is 15.2 Å². The minimum Gasteiger partial charge on any atom is -0.480 e. The number of thioether (sulfide) groups is 1. The van der Waals surface area contributed by atoms with E-state index < -0.39 is 22.4 Å². The normalized spacial score (nSPS) is 24.7. The molecule has 2 N–H and O–H groups in total. The summed E-state index contributed by atoms with van der Waals surface area (Å²) in [6, 6.07) is 0. The van der Waals surface area contributed by atoms with Crippen molar-refractivity contribution in [3.8, 4) is 11.8 Å². The highest BCUT2D eigenvalue weighted by Crippen LogP contribution is 2.40. The number of hydrogen-bond donors (Lipinski definition) is 2. The van der Waals surface area contributed by atoms with Gasteiger partial charge in [0.25, 0.3) is 0 Å². The minimum atomic E-state index is -0.959. The van der Waals surface area contributed by atoms with Crippen LogP contribution < -0.4 is 5.32 Å². The van der Waals surface area contributed by atoms with E-state index in [2.05, 4.69) is 17.2 Å². The lowest BCUT2D eigenvalue weighted by molar-refractivity contribution is -0.139. The van der Waals surface area contributed by atoms with E-state index in [-0.39, 0.29) is 12.5 Å². The maximum atomic E-state index is 11.4. The first-order valence-corrected chi connectivity index (χ1v) is 7.06. The van der Waals surface area contributed by atoms with Crippen LogP contribution in [0.3, 0.4) is 0 Å². The van der Waals surface area contributed by atoms with Gasteiger partial charge in [-0.25, -0.2) is 4.79 Å². The van der Waals surface area contributed by atoms with Crippen LogP contribution in [0.15, 0.2) is 11.5 Å². The monoisotopic (exact) mass is 297 g/mol. The lowest BCUT2D eigenvalue weighted by Crippen LogP contribution is -2.36. The summed E-state index contributed by atoms with van der Waals surface area (Å²) in [5, 5.41) is 13.4. The molecular formula is C14H19NO4S. The Labute approximate surface area is 123 Å². The first kappa shape index (κ1) is 16.4. The van der Waals surface area contributed by atoms with Crippen LogP contribution in [0.4, 0.5) is 4.79 Å². The van der Waals surface area contributed by atoms with Crippen LogP contribution >= 0.6 is 11.8 Å². The molecule has 110 valence electrons. The Hall–Kier alpha value is -1.61. The van der Waals surface area contributed by atoms with Crippen molar-refractivity contribution in [3.63, 3.8) is 0 Å². The molecule has 0 saturated carbocycles. The van der Waals surface area contributed by atoms with Crippen LogP contribution in [-0.4, -0.2) is 34.1 Å². The van der Waals surface area contributed by atoms with Crippen molar-refractivity contribution in [1.29, 1.82) is 0 Å². The van der Waals surface area contributed by atoms with Crippen LogP contribution in [-0.2, 0) is 9.53 Å². The minimum absolute atomic E-state index is 0.125. The Kier molecular flexibility index (Phi) is 5.12. The first-order chi connectivity index (χ1) is 9.15. The summed E-state index contributed by atoms with van der Waals surface area (Å²) >= 11 is 1.24. The molecular weight excluding hydrogens is 278 g/mol. The number of carboxylic acids is 1. The molecule has 0 spiro atoms. The number of ether oxygens (including phenoxy) is 1. The predicted molar refractivity (Wildman–Crippen MR) is 78.3 cm³/mol. The topological polar surface area (TPSA) is 75.6 Å². The molecule has 1 amide bonds. The molecule has 20 heavy (non-hydrogen) atoms. The van der Waals surface area contributed by atoms with Gasteiger partial charge in [0.05, 0.1) is 12.5 Å². The number of nitrogens with one attached hydrogen (secondary N) is 1. The summed E-state index contributed by atoms with van der Waals surface area (Å²) in [5.74, 6) is 4.36. The Bertz CT molecular complexity index is 484. The van der Waals surface area contributed by atoms with Crippen LogP contribution in [0.25, 0.3) is 0 Å². The third kappa shape index (κ3) is 4.49. The quantitative estimate of drug-likeness (QED) is 0.764. The average Bonchev–Trinajstić information content (AvgIpc) is 2.65. The van der Waals surface area contributed by atoms with Crippen molar-refractivity contribution in [2.24, 2.45) is 5.92 Å². The first-order valence-electron chi connectivity index (χ1n) is 6.18. The van der Waals surface area contributed by atoms with E-state index in [1.807, 2.05) is 0 Å². The number of rotatable bonds is 2. The molecule has 0 aromatic carbocycles. The molecule has 0 aliphatic carbocycles. The van der Waals surface area contributed by atoms with Crippen molar-refractivity contribution in [3.05, 3.63) is 11.5 Å². The van der Waals surface area contributed by atoms with Gasteiger partial charge in [-0.2, -0.15) is 0 Å².